The minimum atomic E-state index is -3.75. The van der Waals surface area contributed by atoms with Gasteiger partial charge in [0.15, 0.2) is 15.3 Å². The van der Waals surface area contributed by atoms with E-state index in [-0.39, 0.29) is 11.3 Å². The normalized spacial score (nSPS) is 26.3. The zero-order chi connectivity index (χ0) is 13.6. The van der Waals surface area contributed by atoms with Gasteiger partial charge in [0.1, 0.15) is 0 Å². The van der Waals surface area contributed by atoms with Gasteiger partial charge in [-0.25, -0.2) is 8.42 Å². The molecule has 0 aromatic heterocycles. The lowest BCUT2D eigenvalue weighted by Crippen LogP contribution is -2.22. The Morgan fingerprint density at radius 2 is 2.00 bits per heavy atom. The van der Waals surface area contributed by atoms with Crippen LogP contribution in [-0.4, -0.2) is 24.7 Å². The molecule has 2 rings (SSSR count). The van der Waals surface area contributed by atoms with E-state index in [2.05, 4.69) is 0 Å². The molecule has 0 amide bonds. The van der Waals surface area contributed by atoms with E-state index in [1.807, 2.05) is 6.92 Å². The minimum absolute atomic E-state index is 0.0662. The third kappa shape index (κ3) is 1.68. The van der Waals surface area contributed by atoms with Crippen LogP contribution in [0, 0.1) is 23.7 Å². The fourth-order valence-electron chi connectivity index (χ4n) is 1.89. The average molecular weight is 265 g/mol. The molecule has 1 aromatic rings. The molecule has 18 heavy (non-hydrogen) atoms. The highest BCUT2D eigenvalue weighted by atomic mass is 32.2. The largest absolute Gasteiger partial charge is 0.480 e. The Hall–Kier alpha value is -1.87. The Bertz CT molecular complexity index is 642. The first-order valence-electron chi connectivity index (χ1n) is 5.30. The Kier molecular flexibility index (Phi) is 2.67. The third-order valence-electron chi connectivity index (χ3n) is 3.20. The summed E-state index contributed by atoms with van der Waals surface area (Å²) in [4.78, 5) is 11.0. The van der Waals surface area contributed by atoms with Crippen LogP contribution in [0.1, 0.15) is 12.0 Å². The molecular formula is C12H11NO4S. The van der Waals surface area contributed by atoms with Gasteiger partial charge in [0, 0.05) is 0 Å². The van der Waals surface area contributed by atoms with Gasteiger partial charge in [0.25, 0.3) is 0 Å². The van der Waals surface area contributed by atoms with E-state index in [9.17, 15) is 13.2 Å². The molecule has 1 aliphatic rings. The van der Waals surface area contributed by atoms with Gasteiger partial charge in [-0.05, 0) is 25.5 Å². The maximum Gasteiger partial charge on any atom is 0.325 e. The van der Waals surface area contributed by atoms with Crippen LogP contribution in [0.25, 0.3) is 0 Å². The number of rotatable bonds is 3. The number of benzene rings is 1. The second-order valence-electron chi connectivity index (χ2n) is 4.44. The minimum Gasteiger partial charge on any atom is -0.480 e. The lowest BCUT2D eigenvalue weighted by Gasteiger charge is -2.05. The molecule has 1 fully saturated rings. The van der Waals surface area contributed by atoms with Crippen LogP contribution in [0.5, 0.6) is 0 Å². The van der Waals surface area contributed by atoms with Gasteiger partial charge in [-0.15, -0.1) is 0 Å². The van der Waals surface area contributed by atoms with Crippen molar-refractivity contribution in [2.45, 2.75) is 23.5 Å². The number of aryl methyl sites for hydroxylation is 1. The van der Waals surface area contributed by atoms with E-state index in [0.29, 0.717) is 0 Å². The zero-order valence-corrected chi connectivity index (χ0v) is 10.4. The van der Waals surface area contributed by atoms with Crippen LogP contribution < -0.4 is 0 Å². The molecule has 1 aliphatic carbocycles. The highest BCUT2D eigenvalue weighted by Crippen LogP contribution is 2.52. The van der Waals surface area contributed by atoms with E-state index in [1.165, 1.54) is 12.1 Å². The van der Waals surface area contributed by atoms with Crippen LogP contribution in [0.15, 0.2) is 29.2 Å². The first kappa shape index (κ1) is 12.6. The smallest absolute Gasteiger partial charge is 0.325 e. The van der Waals surface area contributed by atoms with E-state index >= 15 is 0 Å². The summed E-state index contributed by atoms with van der Waals surface area (Å²) >= 11 is 0. The maximum absolute atomic E-state index is 12.2. The summed E-state index contributed by atoms with van der Waals surface area (Å²) in [5, 5.41) is 16.7. The summed E-state index contributed by atoms with van der Waals surface area (Å²) in [6.07, 6.45) is -0.144. The zero-order valence-electron chi connectivity index (χ0n) is 9.62. The molecule has 1 saturated carbocycles. The predicted molar refractivity (Wildman–Crippen MR) is 62.5 cm³/mol. The number of sulfone groups is 1. The number of carboxylic acid groups (broad SMARTS) is 1. The molecule has 0 bridgehead atoms. The predicted octanol–water partition coefficient (Wildman–Crippen LogP) is 1.14. The molecule has 1 aromatic carbocycles. The van der Waals surface area contributed by atoms with Crippen molar-refractivity contribution in [1.82, 2.24) is 0 Å². The van der Waals surface area contributed by atoms with Gasteiger partial charge < -0.3 is 5.11 Å². The second kappa shape index (κ2) is 3.82. The number of carboxylic acids is 1. The van der Waals surface area contributed by atoms with Crippen molar-refractivity contribution >= 4 is 15.8 Å². The topological polar surface area (TPSA) is 95.2 Å². The van der Waals surface area contributed by atoms with Crippen LogP contribution >= 0.6 is 0 Å². The molecule has 94 valence electrons. The molecule has 0 aliphatic heterocycles. The SMILES string of the molecule is Cc1ccc(S(=O)(=O)[C@H]2C[C@@]2(C#N)C(=O)O)cc1. The molecular weight excluding hydrogens is 254 g/mol. The Balaban J connectivity index is 2.39. The fourth-order valence-corrected chi connectivity index (χ4v) is 3.90. The first-order chi connectivity index (χ1) is 8.34. The molecule has 0 spiro atoms. The number of nitriles is 1. The molecule has 1 N–H and O–H groups in total. The lowest BCUT2D eigenvalue weighted by atomic mass is 10.1. The van der Waals surface area contributed by atoms with E-state index in [0.717, 1.165) is 5.56 Å². The Morgan fingerprint density at radius 1 is 1.44 bits per heavy atom. The van der Waals surface area contributed by atoms with Gasteiger partial charge in [-0.2, -0.15) is 5.26 Å². The van der Waals surface area contributed by atoms with E-state index < -0.39 is 26.5 Å². The first-order valence-corrected chi connectivity index (χ1v) is 6.84. The Morgan fingerprint density at radius 3 is 2.39 bits per heavy atom. The summed E-state index contributed by atoms with van der Waals surface area (Å²) in [7, 11) is -3.75. The number of nitrogens with zero attached hydrogens (tertiary/aromatic N) is 1. The van der Waals surface area contributed by atoms with Gasteiger partial charge >= 0.3 is 5.97 Å². The van der Waals surface area contributed by atoms with Gasteiger partial charge in [0.2, 0.25) is 0 Å². The van der Waals surface area contributed by atoms with Crippen LogP contribution in [0.2, 0.25) is 0 Å². The van der Waals surface area contributed by atoms with Crippen LogP contribution in [-0.2, 0) is 14.6 Å². The summed E-state index contributed by atoms with van der Waals surface area (Å²) in [6, 6.07) is 7.77. The van der Waals surface area contributed by atoms with Gasteiger partial charge in [-0.1, -0.05) is 17.7 Å². The number of hydrogen-bond acceptors (Lipinski definition) is 4. The number of carbonyl (C=O) groups is 1. The van der Waals surface area contributed by atoms with E-state index in [1.54, 1.807) is 18.2 Å². The Labute approximate surface area is 105 Å². The monoisotopic (exact) mass is 265 g/mol. The number of aliphatic carboxylic acids is 1. The van der Waals surface area contributed by atoms with Crippen molar-refractivity contribution in [2.24, 2.45) is 5.41 Å². The quantitative estimate of drug-likeness (QED) is 0.884. The van der Waals surface area contributed by atoms with Gasteiger partial charge in [-0.3, -0.25) is 4.79 Å². The molecule has 0 radical (unpaired) electrons. The molecule has 0 saturated heterocycles. The molecule has 0 heterocycles. The van der Waals surface area contributed by atoms with Gasteiger partial charge in [0.05, 0.1) is 16.2 Å². The lowest BCUT2D eigenvalue weighted by molar-refractivity contribution is -0.141. The van der Waals surface area contributed by atoms with Crippen molar-refractivity contribution in [3.8, 4) is 6.07 Å². The molecule has 2 atom stereocenters. The fraction of sp³-hybridized carbons (Fsp3) is 0.333. The summed E-state index contributed by atoms with van der Waals surface area (Å²) in [5.41, 5.74) is -0.862. The highest BCUT2D eigenvalue weighted by Gasteiger charge is 2.68. The third-order valence-corrected chi connectivity index (χ3v) is 5.45. The summed E-state index contributed by atoms with van der Waals surface area (Å²) < 4.78 is 24.3. The average Bonchev–Trinajstić information content (AvgIpc) is 3.06. The van der Waals surface area contributed by atoms with Crippen LogP contribution in [0.3, 0.4) is 0 Å². The second-order valence-corrected chi connectivity index (χ2v) is 6.57. The van der Waals surface area contributed by atoms with Crippen molar-refractivity contribution in [2.75, 3.05) is 0 Å². The van der Waals surface area contributed by atoms with Crippen molar-refractivity contribution < 1.29 is 18.3 Å². The molecule has 5 nitrogen and oxygen atoms in total. The van der Waals surface area contributed by atoms with Crippen molar-refractivity contribution in [3.63, 3.8) is 0 Å². The standard InChI is InChI=1S/C12H11NO4S/c1-8-2-4-9(5-3-8)18(16,17)10-6-12(10,7-13)11(14)15/h2-5,10H,6H2,1H3,(H,14,15)/t10-,12-/m0/s1. The van der Waals surface area contributed by atoms with E-state index in [4.69, 9.17) is 10.4 Å². The summed E-state index contributed by atoms with van der Waals surface area (Å²) in [5.74, 6) is -1.37. The maximum atomic E-state index is 12.2. The molecule has 0 unspecified atom stereocenters. The van der Waals surface area contributed by atoms with Crippen molar-refractivity contribution in [3.05, 3.63) is 29.8 Å². The van der Waals surface area contributed by atoms with Crippen molar-refractivity contribution in [1.29, 1.82) is 5.26 Å². The number of hydrogen-bond donors (Lipinski definition) is 1. The molecule has 6 heteroatoms. The summed E-state index contributed by atoms with van der Waals surface area (Å²) in [6.45, 7) is 1.82. The highest BCUT2D eigenvalue weighted by molar-refractivity contribution is 7.92. The van der Waals surface area contributed by atoms with Crippen LogP contribution in [0.4, 0.5) is 0 Å².